The summed E-state index contributed by atoms with van der Waals surface area (Å²) in [5.41, 5.74) is 9.73. The van der Waals surface area contributed by atoms with Crippen LogP contribution in [-0.4, -0.2) is 39.0 Å². The number of hydrogen-bond donors (Lipinski definition) is 3. The van der Waals surface area contributed by atoms with Crippen molar-refractivity contribution in [2.45, 2.75) is 35.5 Å². The molecule has 0 aromatic heterocycles. The zero-order chi connectivity index (χ0) is 32.7. The van der Waals surface area contributed by atoms with Crippen LogP contribution in [0.5, 0.6) is 23.0 Å². The van der Waals surface area contributed by atoms with E-state index in [0.29, 0.717) is 45.0 Å². The lowest BCUT2D eigenvalue weighted by Gasteiger charge is -2.27. The number of nitrogens with two attached hydrogens (primary N) is 1. The Bertz CT molecular complexity index is 2520. The third kappa shape index (κ3) is 5.04. The summed E-state index contributed by atoms with van der Waals surface area (Å²) < 4.78 is 85.1. The van der Waals surface area contributed by atoms with E-state index < -0.39 is 30.0 Å². The highest BCUT2D eigenvalue weighted by Crippen LogP contribution is 2.44. The summed E-state index contributed by atoms with van der Waals surface area (Å²) in [6.07, 6.45) is 3.51. The van der Waals surface area contributed by atoms with Crippen LogP contribution in [-0.2, 0) is 33.1 Å². The standard InChI is InChI=1S/C35H28N2O8S2/c36-22-6-8-23(9-7-22)44-24-10-13-26-20(17-24)5-12-28-32(27-14-11-25(46(38,39)40)19-31(27)47(41,42)43)30-18-21-3-1-15-37-16-2-4-29(33(21)37)35(30)45-34(26)28/h5-14,17-19H,1-4,15-16,36H2,(H-,38,39,40,41,42,43)/p+1. The van der Waals surface area contributed by atoms with Gasteiger partial charge in [-0.15, -0.1) is 0 Å². The molecular formula is C35H29N2O8S2+. The third-order valence-corrected chi connectivity index (χ3v) is 10.8. The van der Waals surface area contributed by atoms with Gasteiger partial charge in [0.2, 0.25) is 5.36 Å². The van der Waals surface area contributed by atoms with Crippen LogP contribution in [0.2, 0.25) is 0 Å². The Morgan fingerprint density at radius 2 is 1.47 bits per heavy atom. The van der Waals surface area contributed by atoms with Crippen LogP contribution in [0.1, 0.15) is 35.1 Å². The van der Waals surface area contributed by atoms with Crippen LogP contribution >= 0.6 is 0 Å². The van der Waals surface area contributed by atoms with E-state index in [1.165, 1.54) is 6.07 Å². The summed E-state index contributed by atoms with van der Waals surface area (Å²) in [5.74, 6) is 2.31. The van der Waals surface area contributed by atoms with Crippen molar-refractivity contribution in [1.82, 2.24) is 4.58 Å². The highest BCUT2D eigenvalue weighted by atomic mass is 32.2. The molecule has 0 aliphatic carbocycles. The summed E-state index contributed by atoms with van der Waals surface area (Å²) in [5, 5.41) is 3.36. The molecule has 0 saturated heterocycles. The maximum absolute atomic E-state index is 12.8. The molecule has 0 radical (unpaired) electrons. The fraction of sp³-hybridized carbons (Fsp3) is 0.171. The second kappa shape index (κ2) is 10.6. The van der Waals surface area contributed by atoms with Crippen LogP contribution in [0.4, 0.5) is 5.69 Å². The van der Waals surface area contributed by atoms with Crippen molar-refractivity contribution in [3.63, 3.8) is 0 Å². The largest absolute Gasteiger partial charge is 0.457 e. The molecule has 3 aliphatic rings. The number of nitrogen functional groups attached to an aromatic ring is 1. The van der Waals surface area contributed by atoms with Crippen LogP contribution in [0, 0.1) is 0 Å². The summed E-state index contributed by atoms with van der Waals surface area (Å²) in [6.45, 7) is 1.88. The number of nitrogens with zero attached hydrogens (tertiary/aromatic N) is 1. The number of aryl methyl sites for hydroxylation is 1. The number of ether oxygens (including phenoxy) is 2. The van der Waals surface area contributed by atoms with Crippen molar-refractivity contribution in [2.75, 3.05) is 18.8 Å². The molecule has 0 amide bonds. The molecule has 238 valence electrons. The Hall–Kier alpha value is -4.75. The maximum Gasteiger partial charge on any atom is 0.295 e. The van der Waals surface area contributed by atoms with Crippen LogP contribution in [0.25, 0.3) is 16.3 Å². The molecule has 0 unspecified atom stereocenters. The molecule has 0 spiro atoms. The van der Waals surface area contributed by atoms with Gasteiger partial charge in [-0.25, -0.2) is 4.58 Å². The monoisotopic (exact) mass is 669 g/mol. The van der Waals surface area contributed by atoms with E-state index in [2.05, 4.69) is 4.58 Å². The molecule has 0 atom stereocenters. The molecule has 0 fully saturated rings. The maximum atomic E-state index is 12.8. The SMILES string of the molecule is Nc1ccc(Oc2ccc3c4c(ccc3c2)C(c2ccc(S(=O)(=O)O)cc2S(=O)(=O)O)=c2cc3c5c(c2O4)CCC[N+]=5CCC3)cc1. The Labute approximate surface area is 270 Å². The molecule has 10 nitrogen and oxygen atoms in total. The molecule has 4 N–H and O–H groups in total. The summed E-state index contributed by atoms with van der Waals surface area (Å²) in [6, 6.07) is 21.6. The molecule has 5 aromatic carbocycles. The second-order valence-electron chi connectivity index (χ2n) is 12.0. The molecule has 12 heteroatoms. The van der Waals surface area contributed by atoms with Crippen molar-refractivity contribution >= 4 is 42.3 Å². The lowest BCUT2D eigenvalue weighted by molar-refractivity contribution is 0.440. The van der Waals surface area contributed by atoms with Crippen molar-refractivity contribution in [1.29, 1.82) is 0 Å². The molecule has 47 heavy (non-hydrogen) atoms. The van der Waals surface area contributed by atoms with Gasteiger partial charge in [-0.05, 0) is 85.0 Å². The molecule has 3 aliphatic heterocycles. The highest BCUT2D eigenvalue weighted by molar-refractivity contribution is 7.86. The first kappa shape index (κ1) is 29.6. The van der Waals surface area contributed by atoms with Gasteiger partial charge in [0.05, 0.1) is 10.5 Å². The van der Waals surface area contributed by atoms with Gasteiger partial charge in [0.15, 0.2) is 0 Å². The highest BCUT2D eigenvalue weighted by Gasteiger charge is 2.33. The molecule has 0 saturated carbocycles. The molecule has 3 heterocycles. The van der Waals surface area contributed by atoms with E-state index in [1.807, 2.05) is 36.4 Å². The first-order valence-corrected chi connectivity index (χ1v) is 18.0. The van der Waals surface area contributed by atoms with Gasteiger partial charge in [0.25, 0.3) is 20.2 Å². The van der Waals surface area contributed by atoms with Gasteiger partial charge in [0, 0.05) is 51.4 Å². The van der Waals surface area contributed by atoms with Gasteiger partial charge in [-0.2, -0.15) is 16.8 Å². The number of hydrogen-bond acceptors (Lipinski definition) is 7. The van der Waals surface area contributed by atoms with Crippen molar-refractivity contribution in [3.05, 3.63) is 112 Å². The van der Waals surface area contributed by atoms with E-state index >= 15 is 0 Å². The third-order valence-electron chi connectivity index (χ3n) is 9.07. The Kier molecular flexibility index (Phi) is 6.71. The second-order valence-corrected chi connectivity index (χ2v) is 14.8. The van der Waals surface area contributed by atoms with Gasteiger partial charge in [-0.1, -0.05) is 12.1 Å². The van der Waals surface area contributed by atoms with E-state index in [9.17, 15) is 25.9 Å². The van der Waals surface area contributed by atoms with Gasteiger partial charge in [0.1, 0.15) is 41.0 Å². The van der Waals surface area contributed by atoms with E-state index in [0.717, 1.165) is 78.2 Å². The first-order chi connectivity index (χ1) is 22.5. The minimum absolute atomic E-state index is 0.0870. The topological polar surface area (TPSA) is 156 Å². The van der Waals surface area contributed by atoms with E-state index in [4.69, 9.17) is 15.2 Å². The molecular weight excluding hydrogens is 641 g/mol. The van der Waals surface area contributed by atoms with Crippen LogP contribution in [0.15, 0.2) is 88.7 Å². The van der Waals surface area contributed by atoms with Gasteiger partial charge in [-0.3, -0.25) is 9.11 Å². The molecule has 5 aromatic rings. The summed E-state index contributed by atoms with van der Waals surface area (Å²) in [7, 11) is -9.72. The fourth-order valence-electron chi connectivity index (χ4n) is 7.08. The normalized spacial score (nSPS) is 15.4. The average molecular weight is 670 g/mol. The number of benzene rings is 5. The lowest BCUT2D eigenvalue weighted by atomic mass is 9.86. The Morgan fingerprint density at radius 3 is 2.21 bits per heavy atom. The van der Waals surface area contributed by atoms with Crippen molar-refractivity contribution in [2.24, 2.45) is 0 Å². The van der Waals surface area contributed by atoms with Crippen LogP contribution < -0.4 is 30.4 Å². The Morgan fingerprint density at radius 1 is 0.745 bits per heavy atom. The van der Waals surface area contributed by atoms with Crippen molar-refractivity contribution in [3.8, 4) is 23.0 Å². The minimum Gasteiger partial charge on any atom is -0.457 e. The molecule has 0 bridgehead atoms. The lowest BCUT2D eigenvalue weighted by Crippen LogP contribution is -2.45. The Balaban J connectivity index is 1.42. The van der Waals surface area contributed by atoms with Crippen molar-refractivity contribution < 1.29 is 35.4 Å². The average Bonchev–Trinajstić information content (AvgIpc) is 3.04. The fourth-order valence-corrected chi connectivity index (χ4v) is 8.38. The minimum atomic E-state index is -4.95. The summed E-state index contributed by atoms with van der Waals surface area (Å²) >= 11 is 0. The van der Waals surface area contributed by atoms with E-state index in [-0.39, 0.29) is 5.56 Å². The smallest absolute Gasteiger partial charge is 0.295 e. The predicted molar refractivity (Wildman–Crippen MR) is 176 cm³/mol. The number of fused-ring (bicyclic) bond motifs is 5. The summed E-state index contributed by atoms with van der Waals surface area (Å²) in [4.78, 5) is -1.29. The van der Waals surface area contributed by atoms with Gasteiger partial charge < -0.3 is 15.2 Å². The van der Waals surface area contributed by atoms with Gasteiger partial charge >= 0.3 is 0 Å². The zero-order valence-corrected chi connectivity index (χ0v) is 26.6. The van der Waals surface area contributed by atoms with E-state index in [1.54, 1.807) is 24.3 Å². The molecule has 8 rings (SSSR count). The first-order valence-electron chi connectivity index (χ1n) is 15.1. The quantitative estimate of drug-likeness (QED) is 0.137. The van der Waals surface area contributed by atoms with Crippen LogP contribution in [0.3, 0.4) is 0 Å². The zero-order valence-electron chi connectivity index (χ0n) is 24.9. The number of anilines is 1. The number of rotatable bonds is 5. The predicted octanol–water partition coefficient (Wildman–Crippen LogP) is 4.44.